The zero-order valence-electron chi connectivity index (χ0n) is 12.1. The van der Waals surface area contributed by atoms with Crippen molar-refractivity contribution >= 4 is 22.0 Å². The quantitative estimate of drug-likeness (QED) is 0.613. The molecule has 3 N–H and O–H groups in total. The summed E-state index contributed by atoms with van der Waals surface area (Å²) in [6, 6.07) is 7.13. The average Bonchev–Trinajstić information content (AvgIpc) is 2.43. The smallest absolute Gasteiger partial charge is 0.327 e. The minimum absolute atomic E-state index is 0.494. The molecule has 7 nitrogen and oxygen atoms in total. The Morgan fingerprint density at radius 1 is 1.23 bits per heavy atom. The van der Waals surface area contributed by atoms with Crippen molar-refractivity contribution in [3.05, 3.63) is 35.9 Å². The molecule has 0 aliphatic rings. The van der Waals surface area contributed by atoms with Crippen LogP contribution in [0, 0.1) is 0 Å². The summed E-state index contributed by atoms with van der Waals surface area (Å²) in [5.74, 6) is -3.74. The van der Waals surface area contributed by atoms with E-state index in [2.05, 4.69) is 5.32 Å². The maximum atomic E-state index is 12.3. The molecule has 0 heterocycles. The fraction of sp³-hybridized carbons (Fsp3) is 0.429. The summed E-state index contributed by atoms with van der Waals surface area (Å²) in [7, 11) is -4.51. The zero-order chi connectivity index (χ0) is 16.8. The molecule has 0 saturated heterocycles. The second-order valence-electron chi connectivity index (χ2n) is 4.90. The van der Waals surface area contributed by atoms with Gasteiger partial charge in [-0.15, -0.1) is 0 Å². The molecule has 1 rings (SSSR count). The minimum atomic E-state index is -4.51. The number of hydrogen-bond donors (Lipinski definition) is 3. The summed E-state index contributed by atoms with van der Waals surface area (Å²) in [5, 5.41) is 11.2. The predicted molar refractivity (Wildman–Crippen MR) is 80.1 cm³/mol. The van der Waals surface area contributed by atoms with Gasteiger partial charge in [-0.25, -0.2) is 4.79 Å². The van der Waals surface area contributed by atoms with Gasteiger partial charge in [0.1, 0.15) is 11.8 Å². The topological polar surface area (TPSA) is 121 Å². The molecule has 0 fully saturated rings. The van der Waals surface area contributed by atoms with E-state index in [-0.39, 0.29) is 0 Å². The van der Waals surface area contributed by atoms with Crippen molar-refractivity contribution in [3.8, 4) is 0 Å². The first kappa shape index (κ1) is 18.1. The Morgan fingerprint density at radius 2 is 1.82 bits per heavy atom. The zero-order valence-corrected chi connectivity index (χ0v) is 12.9. The molecule has 22 heavy (non-hydrogen) atoms. The highest BCUT2D eigenvalue weighted by Gasteiger charge is 2.29. The largest absolute Gasteiger partial charge is 0.480 e. The van der Waals surface area contributed by atoms with Crippen LogP contribution in [-0.2, 0) is 19.7 Å². The number of hydrogen-bond acceptors (Lipinski definition) is 4. The second-order valence-corrected chi connectivity index (χ2v) is 6.40. The van der Waals surface area contributed by atoms with Crippen LogP contribution < -0.4 is 5.32 Å². The number of benzene rings is 1. The van der Waals surface area contributed by atoms with Gasteiger partial charge in [-0.1, -0.05) is 43.7 Å². The third-order valence-electron chi connectivity index (χ3n) is 3.09. The number of carboxylic acids is 1. The Balaban J connectivity index is 2.92. The highest BCUT2D eigenvalue weighted by atomic mass is 32.2. The van der Waals surface area contributed by atoms with Crippen molar-refractivity contribution in [1.82, 2.24) is 5.32 Å². The SMILES string of the molecule is CCCC(C(=O)N[C@@H](CS(=O)(=O)O)C(=O)O)c1ccccc1. The molecule has 0 saturated carbocycles. The van der Waals surface area contributed by atoms with E-state index >= 15 is 0 Å². The van der Waals surface area contributed by atoms with Gasteiger partial charge in [0.15, 0.2) is 0 Å². The van der Waals surface area contributed by atoms with E-state index in [4.69, 9.17) is 9.66 Å². The molecule has 8 heteroatoms. The molecule has 0 aromatic heterocycles. The van der Waals surface area contributed by atoms with E-state index in [1.807, 2.05) is 6.92 Å². The lowest BCUT2D eigenvalue weighted by molar-refractivity contribution is -0.141. The van der Waals surface area contributed by atoms with Crippen LogP contribution in [0.15, 0.2) is 30.3 Å². The van der Waals surface area contributed by atoms with Gasteiger partial charge in [-0.3, -0.25) is 9.35 Å². The van der Waals surface area contributed by atoms with Gasteiger partial charge in [-0.05, 0) is 12.0 Å². The van der Waals surface area contributed by atoms with Crippen molar-refractivity contribution in [2.75, 3.05) is 5.75 Å². The highest BCUT2D eigenvalue weighted by Crippen LogP contribution is 2.21. The van der Waals surface area contributed by atoms with Crippen molar-refractivity contribution in [1.29, 1.82) is 0 Å². The number of carbonyl (C=O) groups excluding carboxylic acids is 1. The van der Waals surface area contributed by atoms with Crippen LogP contribution >= 0.6 is 0 Å². The van der Waals surface area contributed by atoms with Crippen molar-refractivity contribution in [2.24, 2.45) is 0 Å². The molecule has 0 aliphatic heterocycles. The third-order valence-corrected chi connectivity index (χ3v) is 3.84. The van der Waals surface area contributed by atoms with E-state index < -0.39 is 39.7 Å². The van der Waals surface area contributed by atoms with E-state index in [1.54, 1.807) is 30.3 Å². The van der Waals surface area contributed by atoms with Crippen LogP contribution in [0.25, 0.3) is 0 Å². The molecule has 1 aromatic carbocycles. The summed E-state index contributed by atoms with van der Waals surface area (Å²) < 4.78 is 30.4. The maximum Gasteiger partial charge on any atom is 0.327 e. The lowest BCUT2D eigenvalue weighted by Crippen LogP contribution is -2.47. The molecule has 0 spiro atoms. The number of rotatable bonds is 8. The van der Waals surface area contributed by atoms with Gasteiger partial charge in [0, 0.05) is 0 Å². The summed E-state index contributed by atoms with van der Waals surface area (Å²) in [5.41, 5.74) is 0.720. The standard InChI is InChI=1S/C14H19NO6S/c1-2-6-11(10-7-4-3-5-8-10)13(16)15-12(14(17)18)9-22(19,20)21/h3-5,7-8,11-12H,2,6,9H2,1H3,(H,15,16)(H,17,18)(H,19,20,21)/t11?,12-/m0/s1. The van der Waals surface area contributed by atoms with Crippen LogP contribution in [0.5, 0.6) is 0 Å². The van der Waals surface area contributed by atoms with Gasteiger partial charge >= 0.3 is 5.97 Å². The van der Waals surface area contributed by atoms with E-state index in [0.717, 1.165) is 5.56 Å². The van der Waals surface area contributed by atoms with Gasteiger partial charge in [0.2, 0.25) is 5.91 Å². The van der Waals surface area contributed by atoms with Crippen molar-refractivity contribution in [3.63, 3.8) is 0 Å². The van der Waals surface area contributed by atoms with E-state index in [9.17, 15) is 18.0 Å². The molecule has 122 valence electrons. The molecule has 2 atom stereocenters. The number of carboxylic acid groups (broad SMARTS) is 1. The summed E-state index contributed by atoms with van der Waals surface area (Å²) >= 11 is 0. The van der Waals surface area contributed by atoms with Gasteiger partial charge in [0.05, 0.1) is 5.92 Å². The average molecular weight is 329 g/mol. The highest BCUT2D eigenvalue weighted by molar-refractivity contribution is 7.85. The second kappa shape index (κ2) is 7.90. The fourth-order valence-electron chi connectivity index (χ4n) is 2.08. The third kappa shape index (κ3) is 5.82. The Kier molecular flexibility index (Phi) is 6.51. The molecule has 1 aromatic rings. The van der Waals surface area contributed by atoms with Gasteiger partial charge < -0.3 is 10.4 Å². The molecule has 0 bridgehead atoms. The Bertz CT molecular complexity index is 613. The molecular weight excluding hydrogens is 310 g/mol. The lowest BCUT2D eigenvalue weighted by atomic mass is 9.93. The van der Waals surface area contributed by atoms with Crippen LogP contribution in [-0.4, -0.2) is 41.7 Å². The first-order chi connectivity index (χ1) is 10.2. The number of carbonyl (C=O) groups is 2. The fourth-order valence-corrected chi connectivity index (χ4v) is 2.73. The number of amides is 1. The Morgan fingerprint density at radius 3 is 2.27 bits per heavy atom. The van der Waals surface area contributed by atoms with E-state index in [1.165, 1.54) is 0 Å². The van der Waals surface area contributed by atoms with Crippen molar-refractivity contribution in [2.45, 2.75) is 31.7 Å². The lowest BCUT2D eigenvalue weighted by Gasteiger charge is -2.19. The molecule has 1 unspecified atom stereocenters. The Labute approximate surface area is 129 Å². The predicted octanol–water partition coefficient (Wildman–Crippen LogP) is 1.03. The normalized spacial score (nSPS) is 14.1. The van der Waals surface area contributed by atoms with Gasteiger partial charge in [0.25, 0.3) is 10.1 Å². The van der Waals surface area contributed by atoms with Crippen molar-refractivity contribution < 1.29 is 27.7 Å². The summed E-state index contributed by atoms with van der Waals surface area (Å²) in [4.78, 5) is 23.3. The molecule has 1 amide bonds. The van der Waals surface area contributed by atoms with Gasteiger partial charge in [-0.2, -0.15) is 8.42 Å². The van der Waals surface area contributed by atoms with Crippen LogP contribution in [0.1, 0.15) is 31.2 Å². The maximum absolute atomic E-state index is 12.3. The van der Waals surface area contributed by atoms with E-state index in [0.29, 0.717) is 12.8 Å². The minimum Gasteiger partial charge on any atom is -0.480 e. The summed E-state index contributed by atoms with van der Waals surface area (Å²) in [6.45, 7) is 1.89. The number of nitrogens with one attached hydrogen (secondary N) is 1. The van der Waals surface area contributed by atoms with Crippen LogP contribution in [0.2, 0.25) is 0 Å². The van der Waals surface area contributed by atoms with Crippen LogP contribution in [0.4, 0.5) is 0 Å². The molecule has 0 aliphatic carbocycles. The first-order valence-electron chi connectivity index (χ1n) is 6.78. The number of aliphatic carboxylic acids is 1. The van der Waals surface area contributed by atoms with Crippen LogP contribution in [0.3, 0.4) is 0 Å². The Hall–Kier alpha value is -1.93. The molecule has 0 radical (unpaired) electrons. The molecular formula is C14H19NO6S. The summed E-state index contributed by atoms with van der Waals surface area (Å²) in [6.07, 6.45) is 1.19. The first-order valence-corrected chi connectivity index (χ1v) is 8.38. The monoisotopic (exact) mass is 329 g/mol.